The van der Waals surface area contributed by atoms with E-state index >= 15 is 0 Å². The Hall–Kier alpha value is -2.42. The molecule has 3 N–H and O–H groups in total. The van der Waals surface area contributed by atoms with Crippen LogP contribution in [0.1, 0.15) is 55.8 Å². The van der Waals surface area contributed by atoms with Crippen molar-refractivity contribution in [2.75, 3.05) is 25.6 Å². The summed E-state index contributed by atoms with van der Waals surface area (Å²) >= 11 is 12.5. The minimum Gasteiger partial charge on any atom is -0.480 e. The molecule has 0 bridgehead atoms. The van der Waals surface area contributed by atoms with Gasteiger partial charge in [-0.15, -0.1) is 0 Å². The maximum absolute atomic E-state index is 13.0. The molecule has 2 aromatic heterocycles. The molecule has 1 aliphatic rings. The van der Waals surface area contributed by atoms with Gasteiger partial charge in [-0.25, -0.2) is 9.78 Å². The number of aryl methyl sites for hydroxylation is 2. The van der Waals surface area contributed by atoms with Crippen molar-refractivity contribution in [3.63, 3.8) is 0 Å². The Morgan fingerprint density at radius 3 is 2.49 bits per heavy atom. The standard InChI is InChI=1S/C25H32Cl2N4O4/c1-3-16-7-8-17(30-22(16)28-2)6-4-5-12-35-13-9-20(23(32)33)31-24(34)25(10-11-25)21-18(26)14-29-15-19(21)27/h7-8,14-15,20H,3-6,9-13H2,1-2H3,(H,28,30)(H,31,34)(H,32,33). The highest BCUT2D eigenvalue weighted by Gasteiger charge is 2.54. The predicted molar refractivity (Wildman–Crippen MR) is 136 cm³/mol. The van der Waals surface area contributed by atoms with Crippen molar-refractivity contribution >= 4 is 40.9 Å². The van der Waals surface area contributed by atoms with E-state index in [2.05, 4.69) is 39.7 Å². The number of aliphatic carboxylic acids is 1. The third kappa shape index (κ3) is 6.84. The molecule has 10 heteroatoms. The van der Waals surface area contributed by atoms with Gasteiger partial charge in [0, 0.05) is 50.3 Å². The van der Waals surface area contributed by atoms with Crippen LogP contribution in [0.3, 0.4) is 0 Å². The lowest BCUT2D eigenvalue weighted by Crippen LogP contribution is -2.46. The summed E-state index contributed by atoms with van der Waals surface area (Å²) in [6, 6.07) is 3.10. The molecule has 0 saturated heterocycles. The highest BCUT2D eigenvalue weighted by Crippen LogP contribution is 2.52. The van der Waals surface area contributed by atoms with Crippen LogP contribution in [0.15, 0.2) is 24.5 Å². The fourth-order valence-electron chi connectivity index (χ4n) is 4.12. The number of nitrogens with zero attached hydrogens (tertiary/aromatic N) is 2. The van der Waals surface area contributed by atoms with E-state index in [0.29, 0.717) is 35.1 Å². The van der Waals surface area contributed by atoms with Gasteiger partial charge >= 0.3 is 5.97 Å². The molecule has 0 radical (unpaired) electrons. The summed E-state index contributed by atoms with van der Waals surface area (Å²) in [6.45, 7) is 2.85. The number of rotatable bonds is 14. The maximum atomic E-state index is 13.0. The zero-order valence-corrected chi connectivity index (χ0v) is 21.6. The van der Waals surface area contributed by atoms with Gasteiger partial charge in [0.15, 0.2) is 0 Å². The van der Waals surface area contributed by atoms with Crippen LogP contribution in [0.2, 0.25) is 10.0 Å². The van der Waals surface area contributed by atoms with E-state index in [4.69, 9.17) is 27.9 Å². The van der Waals surface area contributed by atoms with Crippen molar-refractivity contribution in [1.82, 2.24) is 15.3 Å². The molecule has 1 atom stereocenters. The average molecular weight is 523 g/mol. The van der Waals surface area contributed by atoms with Gasteiger partial charge in [-0.3, -0.25) is 9.78 Å². The third-order valence-electron chi connectivity index (χ3n) is 6.30. The Balaban J connectivity index is 1.42. The summed E-state index contributed by atoms with van der Waals surface area (Å²) in [5, 5.41) is 16.0. The Morgan fingerprint density at radius 2 is 1.89 bits per heavy atom. The van der Waals surface area contributed by atoms with Crippen LogP contribution in [0.5, 0.6) is 0 Å². The monoisotopic (exact) mass is 522 g/mol. The number of carboxylic acid groups (broad SMARTS) is 1. The van der Waals surface area contributed by atoms with E-state index in [1.807, 2.05) is 7.05 Å². The van der Waals surface area contributed by atoms with E-state index in [0.717, 1.165) is 37.2 Å². The lowest BCUT2D eigenvalue weighted by molar-refractivity contribution is -0.142. The largest absolute Gasteiger partial charge is 0.480 e. The number of ether oxygens (including phenoxy) is 1. The third-order valence-corrected chi connectivity index (χ3v) is 6.87. The first-order valence-electron chi connectivity index (χ1n) is 11.9. The molecule has 3 rings (SSSR count). The van der Waals surface area contributed by atoms with Gasteiger partial charge in [0.1, 0.15) is 11.9 Å². The summed E-state index contributed by atoms with van der Waals surface area (Å²) in [4.78, 5) is 33.3. The number of pyridine rings is 2. The van der Waals surface area contributed by atoms with Gasteiger partial charge < -0.3 is 20.5 Å². The van der Waals surface area contributed by atoms with Crippen molar-refractivity contribution in [2.45, 2.75) is 63.3 Å². The second kappa shape index (κ2) is 12.5. The Kier molecular flexibility index (Phi) is 9.71. The molecule has 2 aromatic rings. The first kappa shape index (κ1) is 27.2. The Labute approximate surface area is 215 Å². The molecule has 0 spiro atoms. The topological polar surface area (TPSA) is 113 Å². The van der Waals surface area contributed by atoms with E-state index in [1.54, 1.807) is 0 Å². The van der Waals surface area contributed by atoms with Crippen LogP contribution >= 0.6 is 23.2 Å². The van der Waals surface area contributed by atoms with E-state index in [1.165, 1.54) is 18.0 Å². The molecule has 0 aliphatic heterocycles. The minimum atomic E-state index is -1.10. The lowest BCUT2D eigenvalue weighted by atomic mass is 9.95. The molecule has 1 aliphatic carbocycles. The number of hydrogen-bond donors (Lipinski definition) is 3. The smallest absolute Gasteiger partial charge is 0.326 e. The average Bonchev–Trinajstić information content (AvgIpc) is 3.63. The number of carboxylic acids is 1. The molecule has 1 fully saturated rings. The van der Waals surface area contributed by atoms with Crippen LogP contribution in [-0.4, -0.2) is 53.3 Å². The van der Waals surface area contributed by atoms with Crippen LogP contribution in [-0.2, 0) is 32.6 Å². The first-order valence-corrected chi connectivity index (χ1v) is 12.7. The molecule has 2 heterocycles. The second-order valence-electron chi connectivity index (χ2n) is 8.70. The number of hydrogen-bond acceptors (Lipinski definition) is 6. The summed E-state index contributed by atoms with van der Waals surface area (Å²) in [6.07, 6.45) is 7.67. The van der Waals surface area contributed by atoms with Gasteiger partial charge in [0.2, 0.25) is 5.91 Å². The van der Waals surface area contributed by atoms with Gasteiger partial charge in [0.05, 0.1) is 15.5 Å². The molecule has 190 valence electrons. The summed E-state index contributed by atoms with van der Waals surface area (Å²) in [7, 11) is 1.87. The van der Waals surface area contributed by atoms with Crippen LogP contribution in [0.25, 0.3) is 0 Å². The number of carbonyl (C=O) groups excluding carboxylic acids is 1. The van der Waals surface area contributed by atoms with Crippen molar-refractivity contribution in [3.8, 4) is 0 Å². The molecular formula is C25H32Cl2N4O4. The highest BCUT2D eigenvalue weighted by atomic mass is 35.5. The zero-order valence-electron chi connectivity index (χ0n) is 20.1. The van der Waals surface area contributed by atoms with Crippen LogP contribution < -0.4 is 10.6 Å². The molecule has 1 saturated carbocycles. The Bertz CT molecular complexity index is 1030. The second-order valence-corrected chi connectivity index (χ2v) is 9.51. The molecule has 1 amide bonds. The number of anilines is 1. The number of nitrogens with one attached hydrogen (secondary N) is 2. The number of unbranched alkanes of at least 4 members (excludes halogenated alkanes) is 1. The van der Waals surface area contributed by atoms with E-state index in [-0.39, 0.29) is 18.9 Å². The number of amides is 1. The normalized spacial score (nSPS) is 14.9. The lowest BCUT2D eigenvalue weighted by Gasteiger charge is -2.21. The van der Waals surface area contributed by atoms with E-state index < -0.39 is 17.4 Å². The number of carbonyl (C=O) groups is 2. The first-order chi connectivity index (χ1) is 16.8. The number of halogens is 2. The molecular weight excluding hydrogens is 491 g/mol. The van der Waals surface area contributed by atoms with Crippen molar-refractivity contribution < 1.29 is 19.4 Å². The van der Waals surface area contributed by atoms with Gasteiger partial charge in [-0.2, -0.15) is 0 Å². The van der Waals surface area contributed by atoms with Gasteiger partial charge in [-0.1, -0.05) is 36.2 Å². The summed E-state index contributed by atoms with van der Waals surface area (Å²) < 4.78 is 5.64. The molecule has 1 unspecified atom stereocenters. The molecule has 35 heavy (non-hydrogen) atoms. The summed E-state index contributed by atoms with van der Waals surface area (Å²) in [5.41, 5.74) is 1.83. The summed E-state index contributed by atoms with van der Waals surface area (Å²) in [5.74, 6) is -0.571. The van der Waals surface area contributed by atoms with Gasteiger partial charge in [0.25, 0.3) is 0 Å². The highest BCUT2D eigenvalue weighted by molar-refractivity contribution is 6.36. The minimum absolute atomic E-state index is 0.167. The maximum Gasteiger partial charge on any atom is 0.326 e. The molecule has 8 nitrogen and oxygen atoms in total. The van der Waals surface area contributed by atoms with Crippen LogP contribution in [0, 0.1) is 0 Å². The fraction of sp³-hybridized carbons (Fsp3) is 0.520. The van der Waals surface area contributed by atoms with Crippen molar-refractivity contribution in [3.05, 3.63) is 51.4 Å². The fourth-order valence-corrected chi connectivity index (χ4v) is 4.85. The molecule has 0 aromatic carbocycles. The number of aromatic nitrogens is 2. The SMILES string of the molecule is CCc1ccc(CCCCOCCC(NC(=O)C2(c3c(Cl)cncc3Cl)CC2)C(=O)O)nc1NC. The van der Waals surface area contributed by atoms with Crippen molar-refractivity contribution in [2.24, 2.45) is 0 Å². The Morgan fingerprint density at radius 1 is 1.17 bits per heavy atom. The zero-order chi connectivity index (χ0) is 25.4. The van der Waals surface area contributed by atoms with Crippen molar-refractivity contribution in [1.29, 1.82) is 0 Å². The van der Waals surface area contributed by atoms with Crippen LogP contribution in [0.4, 0.5) is 5.82 Å². The van der Waals surface area contributed by atoms with Gasteiger partial charge in [-0.05, 0) is 50.2 Å². The predicted octanol–water partition coefficient (Wildman–Crippen LogP) is 4.42. The quantitative estimate of drug-likeness (QED) is 0.314. The van der Waals surface area contributed by atoms with E-state index in [9.17, 15) is 14.7 Å².